The molecule has 0 unspecified atom stereocenters. The summed E-state index contributed by atoms with van der Waals surface area (Å²) in [5.74, 6) is 1.65. The Morgan fingerprint density at radius 1 is 0.938 bits per heavy atom. The first-order valence-corrected chi connectivity index (χ1v) is 11.4. The Balaban J connectivity index is 1.32. The SMILES string of the molecule is Cc1ccccc1OCCCC(=O)N1CCC(NC(=O)COc2cccc(C)c2C)CC1. The second-order valence-corrected chi connectivity index (χ2v) is 8.43. The van der Waals surface area contributed by atoms with Gasteiger partial charge in [0, 0.05) is 25.6 Å². The number of rotatable bonds is 9. The Morgan fingerprint density at radius 2 is 1.62 bits per heavy atom. The molecule has 1 N–H and O–H groups in total. The fraction of sp³-hybridized carbons (Fsp3) is 0.462. The van der Waals surface area contributed by atoms with E-state index >= 15 is 0 Å². The number of likely N-dealkylation sites (tertiary alicyclic amines) is 1. The van der Waals surface area contributed by atoms with Crippen molar-refractivity contribution in [3.8, 4) is 11.5 Å². The van der Waals surface area contributed by atoms with Crippen LogP contribution in [0, 0.1) is 20.8 Å². The van der Waals surface area contributed by atoms with Gasteiger partial charge in [0.25, 0.3) is 5.91 Å². The molecule has 0 aliphatic carbocycles. The average molecular weight is 439 g/mol. The van der Waals surface area contributed by atoms with Crippen LogP contribution in [0.1, 0.15) is 42.4 Å². The number of benzene rings is 2. The van der Waals surface area contributed by atoms with E-state index in [9.17, 15) is 9.59 Å². The fourth-order valence-electron chi connectivity index (χ4n) is 3.85. The van der Waals surface area contributed by atoms with Gasteiger partial charge in [0.15, 0.2) is 6.61 Å². The Labute approximate surface area is 190 Å². The molecule has 0 bridgehead atoms. The Kier molecular flexibility index (Phi) is 8.54. The van der Waals surface area contributed by atoms with E-state index in [4.69, 9.17) is 9.47 Å². The van der Waals surface area contributed by atoms with Gasteiger partial charge in [-0.2, -0.15) is 0 Å². The van der Waals surface area contributed by atoms with Crippen LogP contribution in [0.15, 0.2) is 42.5 Å². The van der Waals surface area contributed by atoms with Crippen LogP contribution in [-0.4, -0.2) is 49.1 Å². The molecule has 1 aliphatic rings. The normalized spacial score (nSPS) is 14.2. The van der Waals surface area contributed by atoms with Gasteiger partial charge in [-0.1, -0.05) is 30.3 Å². The van der Waals surface area contributed by atoms with Crippen molar-refractivity contribution in [2.24, 2.45) is 0 Å². The summed E-state index contributed by atoms with van der Waals surface area (Å²) in [5, 5.41) is 3.04. The highest BCUT2D eigenvalue weighted by molar-refractivity contribution is 5.78. The van der Waals surface area contributed by atoms with Gasteiger partial charge in [0.1, 0.15) is 11.5 Å². The van der Waals surface area contributed by atoms with Gasteiger partial charge in [-0.25, -0.2) is 0 Å². The predicted octanol–water partition coefficient (Wildman–Crippen LogP) is 3.96. The highest BCUT2D eigenvalue weighted by atomic mass is 16.5. The number of nitrogens with one attached hydrogen (secondary N) is 1. The summed E-state index contributed by atoms with van der Waals surface area (Å²) < 4.78 is 11.5. The number of carbonyl (C=O) groups is 2. The minimum Gasteiger partial charge on any atom is -0.493 e. The molecule has 6 heteroatoms. The van der Waals surface area contributed by atoms with Crippen molar-refractivity contribution in [2.75, 3.05) is 26.3 Å². The van der Waals surface area contributed by atoms with Crippen LogP contribution in [0.3, 0.4) is 0 Å². The van der Waals surface area contributed by atoms with Gasteiger partial charge in [-0.05, 0) is 68.9 Å². The predicted molar refractivity (Wildman–Crippen MR) is 125 cm³/mol. The lowest BCUT2D eigenvalue weighted by molar-refractivity contribution is -0.132. The first-order chi connectivity index (χ1) is 15.4. The topological polar surface area (TPSA) is 67.9 Å². The highest BCUT2D eigenvalue weighted by Crippen LogP contribution is 2.20. The number of hydrogen-bond acceptors (Lipinski definition) is 4. The third-order valence-electron chi connectivity index (χ3n) is 6.01. The molecular formula is C26H34N2O4. The van der Waals surface area contributed by atoms with Crippen LogP contribution < -0.4 is 14.8 Å². The summed E-state index contributed by atoms with van der Waals surface area (Å²) in [6.45, 7) is 7.90. The second-order valence-electron chi connectivity index (χ2n) is 8.43. The van der Waals surface area contributed by atoms with E-state index in [2.05, 4.69) is 5.32 Å². The molecule has 172 valence electrons. The van der Waals surface area contributed by atoms with Crippen LogP contribution in [0.2, 0.25) is 0 Å². The first-order valence-electron chi connectivity index (χ1n) is 11.4. The molecule has 1 fully saturated rings. The lowest BCUT2D eigenvalue weighted by Crippen LogP contribution is -2.47. The van der Waals surface area contributed by atoms with Gasteiger partial charge >= 0.3 is 0 Å². The largest absolute Gasteiger partial charge is 0.493 e. The van der Waals surface area contributed by atoms with E-state index in [0.717, 1.165) is 41.0 Å². The molecule has 0 atom stereocenters. The molecule has 0 radical (unpaired) electrons. The van der Waals surface area contributed by atoms with Crippen LogP contribution in [0.5, 0.6) is 11.5 Å². The molecule has 2 aromatic rings. The molecule has 1 saturated heterocycles. The van der Waals surface area contributed by atoms with E-state index in [0.29, 0.717) is 32.5 Å². The number of piperidine rings is 1. The maximum Gasteiger partial charge on any atom is 0.258 e. The Morgan fingerprint density at radius 3 is 2.38 bits per heavy atom. The molecule has 2 amide bonds. The minimum absolute atomic E-state index is 0.00429. The fourth-order valence-corrected chi connectivity index (χ4v) is 3.85. The molecule has 6 nitrogen and oxygen atoms in total. The lowest BCUT2D eigenvalue weighted by atomic mass is 10.0. The van der Waals surface area contributed by atoms with Crippen molar-refractivity contribution in [1.29, 1.82) is 0 Å². The second kappa shape index (κ2) is 11.6. The maximum atomic E-state index is 12.5. The first kappa shape index (κ1) is 23.6. The number of ether oxygens (including phenoxy) is 2. The summed E-state index contributed by atoms with van der Waals surface area (Å²) >= 11 is 0. The monoisotopic (exact) mass is 438 g/mol. The van der Waals surface area contributed by atoms with Gasteiger partial charge < -0.3 is 19.7 Å². The summed E-state index contributed by atoms with van der Waals surface area (Å²) in [7, 11) is 0. The van der Waals surface area contributed by atoms with Crippen molar-refractivity contribution in [1.82, 2.24) is 10.2 Å². The van der Waals surface area contributed by atoms with E-state index in [1.807, 2.05) is 68.1 Å². The van der Waals surface area contributed by atoms with E-state index in [-0.39, 0.29) is 24.5 Å². The molecule has 32 heavy (non-hydrogen) atoms. The number of amides is 2. The van der Waals surface area contributed by atoms with Gasteiger partial charge in [0.2, 0.25) is 5.91 Å². The van der Waals surface area contributed by atoms with Crippen molar-refractivity contribution in [2.45, 2.75) is 52.5 Å². The van der Waals surface area contributed by atoms with Crippen molar-refractivity contribution >= 4 is 11.8 Å². The highest BCUT2D eigenvalue weighted by Gasteiger charge is 2.23. The third-order valence-corrected chi connectivity index (χ3v) is 6.01. The Bertz CT molecular complexity index is 920. The standard InChI is InChI=1S/C26H34N2O4/c1-19-9-6-11-24(21(19)3)32-18-25(29)27-22-13-15-28(16-14-22)26(30)12-7-17-31-23-10-5-4-8-20(23)2/h4-6,8-11,22H,7,12-18H2,1-3H3,(H,27,29). The molecule has 3 rings (SSSR count). The maximum absolute atomic E-state index is 12.5. The molecule has 1 aliphatic heterocycles. The van der Waals surface area contributed by atoms with E-state index in [1.165, 1.54) is 0 Å². The zero-order valence-electron chi connectivity index (χ0n) is 19.4. The third kappa shape index (κ3) is 6.74. The van der Waals surface area contributed by atoms with Crippen molar-refractivity contribution < 1.29 is 19.1 Å². The number of nitrogens with zero attached hydrogens (tertiary/aromatic N) is 1. The lowest BCUT2D eigenvalue weighted by Gasteiger charge is -2.32. The summed E-state index contributed by atoms with van der Waals surface area (Å²) in [5.41, 5.74) is 3.29. The van der Waals surface area contributed by atoms with Gasteiger partial charge in [-0.15, -0.1) is 0 Å². The molecule has 2 aromatic carbocycles. The van der Waals surface area contributed by atoms with Crippen LogP contribution in [0.25, 0.3) is 0 Å². The summed E-state index contributed by atoms with van der Waals surface area (Å²) in [4.78, 5) is 26.7. The van der Waals surface area contributed by atoms with E-state index in [1.54, 1.807) is 0 Å². The smallest absolute Gasteiger partial charge is 0.258 e. The van der Waals surface area contributed by atoms with Crippen LogP contribution in [0.4, 0.5) is 0 Å². The van der Waals surface area contributed by atoms with Crippen LogP contribution in [-0.2, 0) is 9.59 Å². The molecule has 0 saturated carbocycles. The quantitative estimate of drug-likeness (QED) is 0.602. The van der Waals surface area contributed by atoms with Crippen molar-refractivity contribution in [3.63, 3.8) is 0 Å². The minimum atomic E-state index is -0.121. The van der Waals surface area contributed by atoms with E-state index < -0.39 is 0 Å². The molecular weight excluding hydrogens is 404 g/mol. The zero-order chi connectivity index (χ0) is 22.9. The summed E-state index contributed by atoms with van der Waals surface area (Å²) in [6.07, 6.45) is 2.70. The molecule has 1 heterocycles. The van der Waals surface area contributed by atoms with Gasteiger partial charge in [-0.3, -0.25) is 9.59 Å². The number of carbonyl (C=O) groups excluding carboxylic acids is 2. The van der Waals surface area contributed by atoms with Crippen molar-refractivity contribution in [3.05, 3.63) is 59.2 Å². The van der Waals surface area contributed by atoms with Crippen LogP contribution >= 0.6 is 0 Å². The van der Waals surface area contributed by atoms with Gasteiger partial charge in [0.05, 0.1) is 6.61 Å². The molecule has 0 spiro atoms. The Hall–Kier alpha value is -3.02. The molecule has 0 aromatic heterocycles. The average Bonchev–Trinajstić information content (AvgIpc) is 2.79. The number of para-hydroxylation sites is 1. The zero-order valence-corrected chi connectivity index (χ0v) is 19.4. The number of hydrogen-bond donors (Lipinski definition) is 1. The number of aryl methyl sites for hydroxylation is 2. The summed E-state index contributed by atoms with van der Waals surface area (Å²) in [6, 6.07) is 13.8.